The first-order chi connectivity index (χ1) is 16.0. The maximum atomic E-state index is 12.4. The number of hydrogen-bond acceptors (Lipinski definition) is 7. The highest BCUT2D eigenvalue weighted by Crippen LogP contribution is 2.28. The van der Waals surface area contributed by atoms with Gasteiger partial charge in [0.05, 0.1) is 29.5 Å². The first-order valence-corrected chi connectivity index (χ1v) is 11.9. The third-order valence-electron chi connectivity index (χ3n) is 5.10. The van der Waals surface area contributed by atoms with Crippen molar-refractivity contribution in [3.8, 4) is 11.8 Å². The molecule has 2 aromatic carbocycles. The van der Waals surface area contributed by atoms with Crippen molar-refractivity contribution in [1.29, 1.82) is 5.26 Å². The highest BCUT2D eigenvalue weighted by Gasteiger charge is 2.22. The lowest BCUT2D eigenvalue weighted by atomic mass is 10.2. The molecule has 170 valence electrons. The molecule has 10 heteroatoms. The molecular weight excluding hydrogens is 460 g/mol. The van der Waals surface area contributed by atoms with E-state index in [4.69, 9.17) is 21.6 Å². The molecule has 3 aromatic rings. The fourth-order valence-electron chi connectivity index (χ4n) is 3.46. The van der Waals surface area contributed by atoms with Crippen molar-refractivity contribution in [2.45, 2.75) is 18.5 Å². The van der Waals surface area contributed by atoms with Crippen LogP contribution < -0.4 is 10.2 Å². The van der Waals surface area contributed by atoms with Crippen LogP contribution in [0.2, 0.25) is 5.02 Å². The molecule has 1 fully saturated rings. The fourth-order valence-corrected chi connectivity index (χ4v) is 4.57. The van der Waals surface area contributed by atoms with Crippen LogP contribution >= 0.6 is 23.4 Å². The van der Waals surface area contributed by atoms with Crippen LogP contribution in [-0.2, 0) is 9.53 Å². The van der Waals surface area contributed by atoms with Crippen LogP contribution in [0.25, 0.3) is 5.69 Å². The van der Waals surface area contributed by atoms with Gasteiger partial charge in [0.15, 0.2) is 5.16 Å². The molecule has 0 radical (unpaired) electrons. The minimum absolute atomic E-state index is 0.140. The lowest BCUT2D eigenvalue weighted by molar-refractivity contribution is -0.115. The third-order valence-corrected chi connectivity index (χ3v) is 6.35. The number of carbonyl (C=O) groups is 1. The summed E-state index contributed by atoms with van der Waals surface area (Å²) in [5.41, 5.74) is 3.06. The second kappa shape index (κ2) is 10.7. The lowest BCUT2D eigenvalue weighted by Crippen LogP contribution is -2.37. The van der Waals surface area contributed by atoms with Gasteiger partial charge in [-0.2, -0.15) is 5.26 Å². The molecule has 0 bridgehead atoms. The first kappa shape index (κ1) is 23.1. The molecule has 8 nitrogen and oxygen atoms in total. The Kier molecular flexibility index (Phi) is 7.50. The van der Waals surface area contributed by atoms with Crippen LogP contribution in [0.1, 0.15) is 17.5 Å². The van der Waals surface area contributed by atoms with Crippen LogP contribution in [0.5, 0.6) is 0 Å². The Morgan fingerprint density at radius 2 is 2.06 bits per heavy atom. The van der Waals surface area contributed by atoms with Gasteiger partial charge in [-0.1, -0.05) is 35.5 Å². The molecule has 0 unspecified atom stereocenters. The Labute approximate surface area is 201 Å². The molecule has 0 atom stereocenters. The van der Waals surface area contributed by atoms with Crippen molar-refractivity contribution < 1.29 is 9.53 Å². The van der Waals surface area contributed by atoms with E-state index in [0.717, 1.165) is 35.4 Å². The zero-order chi connectivity index (χ0) is 23.2. The number of nitriles is 1. The van der Waals surface area contributed by atoms with Gasteiger partial charge in [0.1, 0.15) is 6.07 Å². The molecule has 1 amide bonds. The highest BCUT2D eigenvalue weighted by molar-refractivity contribution is 7.99. The van der Waals surface area contributed by atoms with Crippen molar-refractivity contribution in [3.05, 3.63) is 58.6 Å². The largest absolute Gasteiger partial charge is 0.378 e. The summed E-state index contributed by atoms with van der Waals surface area (Å²) in [5.74, 6) is 1.17. The summed E-state index contributed by atoms with van der Waals surface area (Å²) in [7, 11) is 0. The van der Waals surface area contributed by atoms with Gasteiger partial charge in [-0.05, 0) is 42.8 Å². The quantitative estimate of drug-likeness (QED) is 0.507. The number of halogens is 1. The van der Waals surface area contributed by atoms with Crippen LogP contribution in [0.4, 0.5) is 11.6 Å². The minimum Gasteiger partial charge on any atom is -0.378 e. The summed E-state index contributed by atoms with van der Waals surface area (Å²) in [4.78, 5) is 14.6. The fraction of sp³-hybridized carbons (Fsp3) is 0.304. The number of carbonyl (C=O) groups excluding carboxylic acids is 1. The number of hydrogen-bond donors (Lipinski definition) is 1. The first-order valence-electron chi connectivity index (χ1n) is 10.5. The normalized spacial score (nSPS) is 13.5. The van der Waals surface area contributed by atoms with E-state index in [0.29, 0.717) is 35.2 Å². The van der Waals surface area contributed by atoms with Crippen molar-refractivity contribution in [2.24, 2.45) is 0 Å². The summed E-state index contributed by atoms with van der Waals surface area (Å²) in [5, 5.41) is 21.7. The Bertz CT molecular complexity index is 1190. The molecule has 33 heavy (non-hydrogen) atoms. The van der Waals surface area contributed by atoms with Crippen LogP contribution in [-0.4, -0.2) is 52.7 Å². The number of nitrogens with one attached hydrogen (secondary N) is 1. The number of thioether (sulfide) groups is 1. The summed E-state index contributed by atoms with van der Waals surface area (Å²) in [6.07, 6.45) is 0.288. The van der Waals surface area contributed by atoms with Gasteiger partial charge in [0.2, 0.25) is 11.9 Å². The van der Waals surface area contributed by atoms with Gasteiger partial charge in [0, 0.05) is 31.0 Å². The Balaban J connectivity index is 1.45. The van der Waals surface area contributed by atoms with Crippen molar-refractivity contribution in [2.75, 3.05) is 42.3 Å². The Morgan fingerprint density at radius 1 is 1.24 bits per heavy atom. The molecule has 1 N–H and O–H groups in total. The number of benzene rings is 2. The van der Waals surface area contributed by atoms with E-state index in [1.165, 1.54) is 11.8 Å². The topological polar surface area (TPSA) is 96.1 Å². The number of anilines is 2. The summed E-state index contributed by atoms with van der Waals surface area (Å²) in [6.45, 7) is 4.87. The molecule has 1 aromatic heterocycles. The van der Waals surface area contributed by atoms with E-state index in [1.54, 1.807) is 18.2 Å². The third kappa shape index (κ3) is 5.66. The van der Waals surface area contributed by atoms with Gasteiger partial charge in [0.25, 0.3) is 0 Å². The van der Waals surface area contributed by atoms with Gasteiger partial charge in [-0.25, -0.2) is 0 Å². The monoisotopic (exact) mass is 482 g/mol. The average molecular weight is 483 g/mol. The van der Waals surface area contributed by atoms with E-state index in [2.05, 4.69) is 39.5 Å². The summed E-state index contributed by atoms with van der Waals surface area (Å²) in [6, 6.07) is 15.0. The van der Waals surface area contributed by atoms with Gasteiger partial charge < -0.3 is 15.0 Å². The zero-order valence-electron chi connectivity index (χ0n) is 18.1. The molecule has 4 rings (SSSR count). The molecule has 0 spiro atoms. The number of nitrogens with zero attached hydrogens (tertiary/aromatic N) is 5. The molecule has 0 aliphatic carbocycles. The zero-order valence-corrected chi connectivity index (χ0v) is 19.7. The van der Waals surface area contributed by atoms with E-state index < -0.39 is 0 Å². The summed E-state index contributed by atoms with van der Waals surface area (Å²) < 4.78 is 7.52. The average Bonchev–Trinajstić information content (AvgIpc) is 3.24. The van der Waals surface area contributed by atoms with Gasteiger partial charge in [-0.15, -0.1) is 10.2 Å². The number of morpholine rings is 1. The summed E-state index contributed by atoms with van der Waals surface area (Å²) >= 11 is 7.52. The maximum absolute atomic E-state index is 12.4. The van der Waals surface area contributed by atoms with E-state index in [9.17, 15) is 4.79 Å². The lowest BCUT2D eigenvalue weighted by Gasteiger charge is -2.28. The minimum atomic E-state index is -0.140. The molecule has 2 heterocycles. The predicted molar refractivity (Wildman–Crippen MR) is 129 cm³/mol. The second-order valence-corrected chi connectivity index (χ2v) is 8.98. The van der Waals surface area contributed by atoms with E-state index in [-0.39, 0.29) is 12.3 Å². The highest BCUT2D eigenvalue weighted by atomic mass is 35.5. The number of ether oxygens (including phenoxy) is 1. The SMILES string of the molecule is Cc1cccc(-n2c(SCCC(=O)Nc3ccc(C#N)c(Cl)c3)nnc2N2CCOCC2)c1. The van der Waals surface area contributed by atoms with E-state index >= 15 is 0 Å². The molecule has 0 saturated carbocycles. The Hall–Kier alpha value is -3.06. The number of aromatic nitrogens is 3. The van der Waals surface area contributed by atoms with Gasteiger partial charge in [-0.3, -0.25) is 9.36 Å². The smallest absolute Gasteiger partial charge is 0.232 e. The Morgan fingerprint density at radius 3 is 2.79 bits per heavy atom. The van der Waals surface area contributed by atoms with Crippen molar-refractivity contribution in [1.82, 2.24) is 14.8 Å². The molecule has 1 aliphatic heterocycles. The van der Waals surface area contributed by atoms with Crippen LogP contribution in [0.3, 0.4) is 0 Å². The molecular formula is C23H23ClN6O2S. The molecule has 1 aliphatic rings. The maximum Gasteiger partial charge on any atom is 0.232 e. The standard InChI is InChI=1S/C23H23ClN6O2S/c1-16-3-2-4-19(13-16)30-22(29-8-10-32-11-9-29)27-28-23(30)33-12-7-21(31)26-18-6-5-17(15-25)20(24)14-18/h2-6,13-14H,7-12H2,1H3,(H,26,31). The molecule has 1 saturated heterocycles. The van der Waals surface area contributed by atoms with Crippen molar-refractivity contribution in [3.63, 3.8) is 0 Å². The number of aryl methyl sites for hydroxylation is 1. The van der Waals surface area contributed by atoms with Crippen molar-refractivity contribution >= 4 is 40.9 Å². The predicted octanol–water partition coefficient (Wildman–Crippen LogP) is 4.06. The van der Waals surface area contributed by atoms with Crippen LogP contribution in [0, 0.1) is 18.3 Å². The van der Waals surface area contributed by atoms with Crippen LogP contribution in [0.15, 0.2) is 47.6 Å². The number of amides is 1. The van der Waals surface area contributed by atoms with E-state index in [1.807, 2.05) is 22.8 Å². The number of rotatable bonds is 7. The second-order valence-electron chi connectivity index (χ2n) is 7.51. The van der Waals surface area contributed by atoms with Gasteiger partial charge >= 0.3 is 0 Å².